The number of rotatable bonds is 4. The van der Waals surface area contributed by atoms with Crippen LogP contribution in [-0.2, 0) is 6.54 Å². The van der Waals surface area contributed by atoms with Gasteiger partial charge in [-0.15, -0.1) is 6.58 Å². The Labute approximate surface area is 120 Å². The van der Waals surface area contributed by atoms with Crippen molar-refractivity contribution >= 4 is 21.6 Å². The maximum atomic E-state index is 12.0. The number of allylic oxidation sites excluding steroid dienone is 1. The third-order valence-electron chi connectivity index (χ3n) is 3.34. The van der Waals surface area contributed by atoms with Crippen LogP contribution in [0.5, 0.6) is 0 Å². The van der Waals surface area contributed by atoms with E-state index in [9.17, 15) is 9.90 Å². The fourth-order valence-corrected chi connectivity index (χ4v) is 2.68. The van der Waals surface area contributed by atoms with Gasteiger partial charge >= 0.3 is 0 Å². The second-order valence-electron chi connectivity index (χ2n) is 4.80. The maximum Gasteiger partial charge on any atom is 0.283 e. The van der Waals surface area contributed by atoms with E-state index in [0.29, 0.717) is 16.7 Å². The molecule has 0 unspecified atom stereocenters. The van der Waals surface area contributed by atoms with E-state index in [-0.39, 0.29) is 17.7 Å². The molecule has 0 spiro atoms. The zero-order chi connectivity index (χ0) is 13.8. The number of aliphatic hydroxyl groups is 1. The Balaban J connectivity index is 2.11. The lowest BCUT2D eigenvalue weighted by Crippen LogP contribution is -2.30. The summed E-state index contributed by atoms with van der Waals surface area (Å²) in [6, 6.07) is 0.288. The molecule has 1 aliphatic rings. The van der Waals surface area contributed by atoms with Gasteiger partial charge < -0.3 is 10.4 Å². The number of halogens is 1. The van der Waals surface area contributed by atoms with E-state index in [1.54, 1.807) is 12.3 Å². The average molecular weight is 328 g/mol. The summed E-state index contributed by atoms with van der Waals surface area (Å²) in [4.78, 5) is 12.0. The highest BCUT2D eigenvalue weighted by Crippen LogP contribution is 2.24. The summed E-state index contributed by atoms with van der Waals surface area (Å²) in [7, 11) is 0. The lowest BCUT2D eigenvalue weighted by atomic mass is 9.93. The number of aromatic nitrogens is 2. The van der Waals surface area contributed by atoms with Crippen LogP contribution in [0, 0.1) is 0 Å². The van der Waals surface area contributed by atoms with Crippen molar-refractivity contribution in [2.45, 2.75) is 44.4 Å². The molecule has 0 bridgehead atoms. The Morgan fingerprint density at radius 2 is 2.21 bits per heavy atom. The standard InChI is InChI=1S/C13H18BrN3O2/c1-2-7-17-13(19)12(14)11(8-15-17)16-9-3-5-10(18)6-4-9/h2,8-10,16,18H,1,3-7H2. The number of nitrogens with zero attached hydrogens (tertiary/aromatic N) is 2. The van der Waals surface area contributed by atoms with Gasteiger partial charge in [-0.05, 0) is 41.6 Å². The van der Waals surface area contributed by atoms with Crippen molar-refractivity contribution in [2.75, 3.05) is 5.32 Å². The summed E-state index contributed by atoms with van der Waals surface area (Å²) in [5, 5.41) is 16.9. The van der Waals surface area contributed by atoms with Crippen molar-refractivity contribution in [3.63, 3.8) is 0 Å². The molecule has 1 fully saturated rings. The number of nitrogens with one attached hydrogen (secondary N) is 1. The van der Waals surface area contributed by atoms with Crippen LogP contribution in [0.25, 0.3) is 0 Å². The Bertz CT molecular complexity index is 507. The first-order valence-electron chi connectivity index (χ1n) is 6.43. The zero-order valence-corrected chi connectivity index (χ0v) is 12.3. The van der Waals surface area contributed by atoms with Crippen molar-refractivity contribution in [2.24, 2.45) is 0 Å². The topological polar surface area (TPSA) is 67.2 Å². The second kappa shape index (κ2) is 6.34. The molecule has 0 atom stereocenters. The van der Waals surface area contributed by atoms with Gasteiger partial charge in [0.15, 0.2) is 0 Å². The highest BCUT2D eigenvalue weighted by atomic mass is 79.9. The molecule has 1 aromatic rings. The highest BCUT2D eigenvalue weighted by molar-refractivity contribution is 9.10. The molecular weight excluding hydrogens is 310 g/mol. The number of hydrogen-bond donors (Lipinski definition) is 2. The van der Waals surface area contributed by atoms with Crippen molar-refractivity contribution < 1.29 is 5.11 Å². The van der Waals surface area contributed by atoms with E-state index >= 15 is 0 Å². The fraction of sp³-hybridized carbons (Fsp3) is 0.538. The van der Waals surface area contributed by atoms with Gasteiger partial charge in [0.1, 0.15) is 4.47 Å². The van der Waals surface area contributed by atoms with Crippen molar-refractivity contribution in [3.8, 4) is 0 Å². The van der Waals surface area contributed by atoms with Crippen LogP contribution in [-0.4, -0.2) is 27.0 Å². The minimum Gasteiger partial charge on any atom is -0.393 e. The molecule has 1 heterocycles. The minimum atomic E-state index is -0.180. The van der Waals surface area contributed by atoms with E-state index in [4.69, 9.17) is 0 Å². The van der Waals surface area contributed by atoms with Gasteiger partial charge in [0.05, 0.1) is 24.5 Å². The van der Waals surface area contributed by atoms with Gasteiger partial charge in [-0.3, -0.25) is 4.79 Å². The molecule has 0 amide bonds. The number of anilines is 1. The second-order valence-corrected chi connectivity index (χ2v) is 5.59. The van der Waals surface area contributed by atoms with Crippen molar-refractivity contribution in [1.29, 1.82) is 0 Å². The van der Waals surface area contributed by atoms with Crippen LogP contribution in [0.1, 0.15) is 25.7 Å². The largest absolute Gasteiger partial charge is 0.393 e. The molecule has 5 nitrogen and oxygen atoms in total. The number of hydrogen-bond acceptors (Lipinski definition) is 4. The highest BCUT2D eigenvalue weighted by Gasteiger charge is 2.20. The molecule has 6 heteroatoms. The van der Waals surface area contributed by atoms with Crippen molar-refractivity contribution in [1.82, 2.24) is 9.78 Å². The summed E-state index contributed by atoms with van der Waals surface area (Å²) in [6.45, 7) is 3.99. The molecule has 1 aromatic heterocycles. The molecule has 2 N–H and O–H groups in total. The molecule has 19 heavy (non-hydrogen) atoms. The van der Waals surface area contributed by atoms with Gasteiger partial charge in [-0.1, -0.05) is 6.08 Å². The van der Waals surface area contributed by atoms with E-state index in [1.165, 1.54) is 4.68 Å². The van der Waals surface area contributed by atoms with E-state index in [2.05, 4.69) is 32.9 Å². The van der Waals surface area contributed by atoms with Gasteiger partial charge in [0.2, 0.25) is 0 Å². The van der Waals surface area contributed by atoms with E-state index in [0.717, 1.165) is 25.7 Å². The fourth-order valence-electron chi connectivity index (χ4n) is 2.26. The third-order valence-corrected chi connectivity index (χ3v) is 4.11. The van der Waals surface area contributed by atoms with Crippen LogP contribution in [0.2, 0.25) is 0 Å². The Morgan fingerprint density at radius 1 is 1.53 bits per heavy atom. The molecule has 0 saturated heterocycles. The monoisotopic (exact) mass is 327 g/mol. The van der Waals surface area contributed by atoms with Gasteiger partial charge in [0.25, 0.3) is 5.56 Å². The molecule has 2 rings (SSSR count). The Morgan fingerprint density at radius 3 is 2.84 bits per heavy atom. The van der Waals surface area contributed by atoms with Crippen LogP contribution in [0.4, 0.5) is 5.69 Å². The summed E-state index contributed by atoms with van der Waals surface area (Å²) in [6.07, 6.45) is 6.52. The summed E-state index contributed by atoms with van der Waals surface area (Å²) < 4.78 is 1.85. The number of aliphatic hydroxyl groups excluding tert-OH is 1. The SMILES string of the molecule is C=CCn1ncc(NC2CCC(O)CC2)c(Br)c1=O. The van der Waals surface area contributed by atoms with Gasteiger partial charge in [-0.2, -0.15) is 5.10 Å². The summed E-state index contributed by atoms with van der Waals surface area (Å²) >= 11 is 3.32. The molecule has 0 aromatic carbocycles. The molecular formula is C13H18BrN3O2. The van der Waals surface area contributed by atoms with Gasteiger partial charge in [0, 0.05) is 6.04 Å². The van der Waals surface area contributed by atoms with Gasteiger partial charge in [-0.25, -0.2) is 4.68 Å². The normalized spacial score (nSPS) is 23.1. The molecule has 0 aliphatic heterocycles. The predicted octanol–water partition coefficient (Wildman–Crippen LogP) is 1.91. The summed E-state index contributed by atoms with van der Waals surface area (Å²) in [5.74, 6) is 0. The van der Waals surface area contributed by atoms with E-state index in [1.807, 2.05) is 0 Å². The molecule has 1 saturated carbocycles. The molecule has 1 aliphatic carbocycles. The van der Waals surface area contributed by atoms with Crippen LogP contribution < -0.4 is 10.9 Å². The average Bonchev–Trinajstić information content (AvgIpc) is 2.41. The van der Waals surface area contributed by atoms with Crippen LogP contribution in [0.3, 0.4) is 0 Å². The van der Waals surface area contributed by atoms with Crippen molar-refractivity contribution in [3.05, 3.63) is 33.7 Å². The predicted molar refractivity (Wildman–Crippen MR) is 78.3 cm³/mol. The lowest BCUT2D eigenvalue weighted by Gasteiger charge is -2.27. The van der Waals surface area contributed by atoms with Crippen LogP contribution in [0.15, 0.2) is 28.1 Å². The maximum absolute atomic E-state index is 12.0. The zero-order valence-electron chi connectivity index (χ0n) is 10.7. The quantitative estimate of drug-likeness (QED) is 0.829. The summed E-state index contributed by atoms with van der Waals surface area (Å²) in [5.41, 5.74) is 0.549. The minimum absolute atomic E-state index is 0.166. The molecule has 0 radical (unpaired) electrons. The molecule has 104 valence electrons. The van der Waals surface area contributed by atoms with E-state index < -0.39 is 0 Å². The first-order chi connectivity index (χ1) is 9.11. The Kier molecular flexibility index (Phi) is 4.76. The third kappa shape index (κ3) is 3.45. The first-order valence-corrected chi connectivity index (χ1v) is 7.22. The van der Waals surface area contributed by atoms with Crippen LogP contribution >= 0.6 is 15.9 Å². The Hall–Kier alpha value is -1.14. The first kappa shape index (κ1) is 14.3. The smallest absolute Gasteiger partial charge is 0.283 e. The lowest BCUT2D eigenvalue weighted by molar-refractivity contribution is 0.126.